The number of amides is 1. The Morgan fingerprint density at radius 2 is 2.17 bits per heavy atom. The predicted octanol–water partition coefficient (Wildman–Crippen LogP) is 2.59. The average Bonchev–Trinajstić information content (AvgIpc) is 3.21. The van der Waals surface area contributed by atoms with Gasteiger partial charge in [-0.05, 0) is 27.7 Å². The van der Waals surface area contributed by atoms with E-state index in [2.05, 4.69) is 34.3 Å². The molecule has 24 heavy (non-hydrogen) atoms. The first-order chi connectivity index (χ1) is 11.5. The molecule has 0 saturated heterocycles. The van der Waals surface area contributed by atoms with Gasteiger partial charge in [-0.3, -0.25) is 14.2 Å². The number of carbonyl (C=O) groups excluding carboxylic acids is 1. The summed E-state index contributed by atoms with van der Waals surface area (Å²) in [6.45, 7) is 9.13. The van der Waals surface area contributed by atoms with Crippen LogP contribution in [0.1, 0.15) is 42.7 Å². The monoisotopic (exact) mass is 346 g/mol. The van der Waals surface area contributed by atoms with E-state index in [9.17, 15) is 4.79 Å². The van der Waals surface area contributed by atoms with Crippen molar-refractivity contribution < 1.29 is 4.79 Å². The van der Waals surface area contributed by atoms with Crippen molar-refractivity contribution in [2.45, 2.75) is 53.2 Å². The first kappa shape index (κ1) is 16.6. The molecule has 3 rings (SSSR count). The van der Waals surface area contributed by atoms with E-state index in [1.54, 1.807) is 11.3 Å². The molecule has 8 heteroatoms. The molecule has 0 saturated carbocycles. The number of aryl methyl sites for hydroxylation is 3. The van der Waals surface area contributed by atoms with Gasteiger partial charge in [0.25, 0.3) is 0 Å². The summed E-state index contributed by atoms with van der Waals surface area (Å²) in [5.74, 6) is 0.000377. The quantitative estimate of drug-likeness (QED) is 0.744. The minimum Gasteiger partial charge on any atom is -0.350 e. The second-order valence-electron chi connectivity index (χ2n) is 6.13. The molecule has 1 amide bonds. The Bertz CT molecular complexity index is 859. The number of aromatic nitrogens is 5. The summed E-state index contributed by atoms with van der Waals surface area (Å²) in [4.78, 5) is 16.4. The van der Waals surface area contributed by atoms with Crippen LogP contribution in [0.4, 0.5) is 0 Å². The predicted molar refractivity (Wildman–Crippen MR) is 94.0 cm³/mol. The van der Waals surface area contributed by atoms with E-state index in [1.807, 2.05) is 34.8 Å². The van der Waals surface area contributed by atoms with Crippen LogP contribution in [0.5, 0.6) is 0 Å². The van der Waals surface area contributed by atoms with Gasteiger partial charge in [-0.15, -0.1) is 11.3 Å². The van der Waals surface area contributed by atoms with E-state index < -0.39 is 0 Å². The summed E-state index contributed by atoms with van der Waals surface area (Å²) >= 11 is 1.56. The van der Waals surface area contributed by atoms with Crippen LogP contribution in [0.15, 0.2) is 11.6 Å². The largest absolute Gasteiger partial charge is 0.350 e. The molecule has 3 aromatic heterocycles. The maximum atomic E-state index is 12.1. The molecule has 0 aliphatic rings. The van der Waals surface area contributed by atoms with E-state index in [-0.39, 0.29) is 11.9 Å². The van der Waals surface area contributed by atoms with Gasteiger partial charge in [0.1, 0.15) is 16.0 Å². The Hall–Kier alpha value is -2.22. The second-order valence-corrected chi connectivity index (χ2v) is 7.08. The van der Waals surface area contributed by atoms with Gasteiger partial charge in [0.2, 0.25) is 5.91 Å². The summed E-state index contributed by atoms with van der Waals surface area (Å²) in [5, 5.41) is 14.8. The topological polar surface area (TPSA) is 77.6 Å². The van der Waals surface area contributed by atoms with Crippen molar-refractivity contribution in [1.82, 2.24) is 29.9 Å². The van der Waals surface area contributed by atoms with Crippen LogP contribution in [0.3, 0.4) is 0 Å². The van der Waals surface area contributed by atoms with Gasteiger partial charge >= 0.3 is 0 Å². The second kappa shape index (κ2) is 6.72. The maximum Gasteiger partial charge on any atom is 0.222 e. The van der Waals surface area contributed by atoms with Crippen LogP contribution < -0.4 is 5.32 Å². The van der Waals surface area contributed by atoms with Crippen molar-refractivity contribution in [2.75, 3.05) is 0 Å². The smallest absolute Gasteiger partial charge is 0.222 e. The molecule has 7 nitrogen and oxygen atoms in total. The highest BCUT2D eigenvalue weighted by Gasteiger charge is 2.15. The molecule has 0 aliphatic heterocycles. The molecule has 0 aromatic carbocycles. The van der Waals surface area contributed by atoms with Crippen LogP contribution in [0, 0.1) is 13.8 Å². The summed E-state index contributed by atoms with van der Waals surface area (Å²) in [5.41, 5.74) is 3.95. The third-order valence-corrected chi connectivity index (χ3v) is 4.78. The van der Waals surface area contributed by atoms with Crippen LogP contribution in [0.25, 0.3) is 11.0 Å². The zero-order valence-corrected chi connectivity index (χ0v) is 15.2. The molecule has 3 heterocycles. The van der Waals surface area contributed by atoms with Gasteiger partial charge < -0.3 is 5.32 Å². The van der Waals surface area contributed by atoms with E-state index in [0.717, 1.165) is 27.4 Å². The first-order valence-corrected chi connectivity index (χ1v) is 8.92. The Labute approximate surface area is 144 Å². The molecule has 1 N–H and O–H groups in total. The van der Waals surface area contributed by atoms with Crippen molar-refractivity contribution in [3.8, 4) is 0 Å². The molecule has 0 radical (unpaired) electrons. The third-order valence-electron chi connectivity index (χ3n) is 3.81. The molecule has 3 aromatic rings. The number of rotatable bonds is 6. The Morgan fingerprint density at radius 1 is 1.38 bits per heavy atom. The van der Waals surface area contributed by atoms with Crippen molar-refractivity contribution in [2.24, 2.45) is 0 Å². The molecule has 0 unspecified atom stereocenters. The lowest BCUT2D eigenvalue weighted by atomic mass is 10.3. The van der Waals surface area contributed by atoms with Gasteiger partial charge in [-0.25, -0.2) is 4.98 Å². The molecule has 128 valence electrons. The number of fused-ring (bicyclic) bond motifs is 1. The fraction of sp³-hybridized carbons (Fsp3) is 0.500. The Kier molecular flexibility index (Phi) is 4.66. The van der Waals surface area contributed by atoms with Gasteiger partial charge in [-0.2, -0.15) is 10.2 Å². The summed E-state index contributed by atoms with van der Waals surface area (Å²) < 4.78 is 3.84. The summed E-state index contributed by atoms with van der Waals surface area (Å²) in [6, 6.07) is 0.281. The zero-order chi connectivity index (χ0) is 17.3. The Morgan fingerprint density at radius 3 is 2.83 bits per heavy atom. The van der Waals surface area contributed by atoms with Crippen molar-refractivity contribution in [3.05, 3.63) is 28.0 Å². The highest BCUT2D eigenvalue weighted by atomic mass is 32.1. The first-order valence-electron chi connectivity index (χ1n) is 8.04. The average molecular weight is 346 g/mol. The maximum absolute atomic E-state index is 12.1. The molecule has 0 aliphatic carbocycles. The van der Waals surface area contributed by atoms with Gasteiger partial charge in [0.05, 0.1) is 25.0 Å². The van der Waals surface area contributed by atoms with Crippen molar-refractivity contribution in [1.29, 1.82) is 0 Å². The minimum atomic E-state index is 0.000377. The van der Waals surface area contributed by atoms with Gasteiger partial charge in [0.15, 0.2) is 0 Å². The fourth-order valence-electron chi connectivity index (χ4n) is 2.70. The molecule has 0 bridgehead atoms. The highest BCUT2D eigenvalue weighted by Crippen LogP contribution is 2.21. The number of thiazole rings is 1. The summed E-state index contributed by atoms with van der Waals surface area (Å²) in [7, 11) is 0. The van der Waals surface area contributed by atoms with E-state index in [0.29, 0.717) is 19.5 Å². The third kappa shape index (κ3) is 3.33. The lowest BCUT2D eigenvalue weighted by Gasteiger charge is -2.04. The van der Waals surface area contributed by atoms with Gasteiger partial charge in [0, 0.05) is 23.5 Å². The fourth-order valence-corrected chi connectivity index (χ4v) is 3.41. The minimum absolute atomic E-state index is 0.000377. The van der Waals surface area contributed by atoms with Gasteiger partial charge in [-0.1, -0.05) is 0 Å². The number of hydrogen-bond acceptors (Lipinski definition) is 5. The number of nitrogens with one attached hydrogen (secondary N) is 1. The van der Waals surface area contributed by atoms with Crippen LogP contribution in [0.2, 0.25) is 0 Å². The van der Waals surface area contributed by atoms with Crippen LogP contribution >= 0.6 is 11.3 Å². The number of hydrogen-bond donors (Lipinski definition) is 1. The molecular weight excluding hydrogens is 324 g/mol. The highest BCUT2D eigenvalue weighted by molar-refractivity contribution is 7.09. The molecule has 0 spiro atoms. The normalized spacial score (nSPS) is 11.5. The Balaban J connectivity index is 1.62. The van der Waals surface area contributed by atoms with E-state index >= 15 is 0 Å². The van der Waals surface area contributed by atoms with Crippen LogP contribution in [-0.2, 0) is 17.9 Å². The summed E-state index contributed by atoms with van der Waals surface area (Å²) in [6.07, 6.45) is 2.21. The van der Waals surface area contributed by atoms with E-state index in [4.69, 9.17) is 0 Å². The number of carbonyl (C=O) groups is 1. The standard InChI is InChI=1S/C16H22N6OS/c1-10(2)22-13-7-18-21(16(13)12(4)20-22)6-5-14(23)17-8-15-19-11(3)9-24-15/h7,9-10H,5-6,8H2,1-4H3,(H,17,23). The number of nitrogens with zero attached hydrogens (tertiary/aromatic N) is 5. The lowest BCUT2D eigenvalue weighted by Crippen LogP contribution is -2.24. The molecule has 0 atom stereocenters. The SMILES string of the molecule is Cc1csc(CNC(=O)CCn2ncc3c2c(C)nn3C(C)C)n1. The molecule has 0 fully saturated rings. The molecular formula is C16H22N6OS. The zero-order valence-electron chi connectivity index (χ0n) is 14.4. The van der Waals surface area contributed by atoms with Crippen LogP contribution in [-0.4, -0.2) is 30.5 Å². The lowest BCUT2D eigenvalue weighted by molar-refractivity contribution is -0.121. The van der Waals surface area contributed by atoms with Crippen molar-refractivity contribution in [3.63, 3.8) is 0 Å². The van der Waals surface area contributed by atoms with E-state index in [1.165, 1.54) is 0 Å². The van der Waals surface area contributed by atoms with Crippen molar-refractivity contribution >= 4 is 28.3 Å².